The van der Waals surface area contributed by atoms with Crippen molar-refractivity contribution in [3.8, 4) is 0 Å². The summed E-state index contributed by atoms with van der Waals surface area (Å²) in [5.74, 6) is 0.560. The van der Waals surface area contributed by atoms with Crippen LogP contribution < -0.4 is 10.2 Å². The van der Waals surface area contributed by atoms with Crippen molar-refractivity contribution < 1.29 is 9.18 Å². The number of nitrogens with one attached hydrogen (secondary N) is 2. The smallest absolute Gasteiger partial charge is 0.250 e. The van der Waals surface area contributed by atoms with Crippen molar-refractivity contribution in [2.75, 3.05) is 16.8 Å². The van der Waals surface area contributed by atoms with Gasteiger partial charge in [0.15, 0.2) is 0 Å². The predicted molar refractivity (Wildman–Crippen MR) is 116 cm³/mol. The summed E-state index contributed by atoms with van der Waals surface area (Å²) in [6.07, 6.45) is 5.47. The minimum atomic E-state index is -0.899. The summed E-state index contributed by atoms with van der Waals surface area (Å²) in [5, 5.41) is 10.3. The lowest BCUT2D eigenvalue weighted by Crippen LogP contribution is -2.51. The first kappa shape index (κ1) is 20.7. The summed E-state index contributed by atoms with van der Waals surface area (Å²) < 4.78 is 13.1. The number of anilines is 2. The lowest BCUT2D eigenvalue weighted by atomic mass is 9.97. The fraction of sp³-hybridized carbons (Fsp3) is 0.429. The van der Waals surface area contributed by atoms with Gasteiger partial charge in [-0.05, 0) is 62.4 Å². The highest BCUT2D eigenvalue weighted by Crippen LogP contribution is 2.39. The zero-order valence-corrected chi connectivity index (χ0v) is 18.2. The predicted octanol–water partition coefficient (Wildman–Crippen LogP) is 3.25. The zero-order chi connectivity index (χ0) is 22.3. The fourth-order valence-corrected chi connectivity index (χ4v) is 4.22. The number of pyridine rings is 1. The molecule has 0 radical (unpaired) electrons. The van der Waals surface area contributed by atoms with E-state index in [1.807, 2.05) is 17.9 Å². The normalized spacial score (nSPS) is 20.5. The molecule has 0 aromatic carbocycles. The van der Waals surface area contributed by atoms with Crippen molar-refractivity contribution in [1.82, 2.24) is 30.1 Å². The van der Waals surface area contributed by atoms with Gasteiger partial charge in [0, 0.05) is 24.6 Å². The number of rotatable bonds is 6. The number of carbonyl (C=O) groups excluding carboxylic acids is 1. The molecule has 2 N–H and O–H groups in total. The highest BCUT2D eigenvalue weighted by Gasteiger charge is 2.45. The van der Waals surface area contributed by atoms with E-state index in [0.717, 1.165) is 17.8 Å². The van der Waals surface area contributed by atoms with Crippen LogP contribution in [0.4, 0.5) is 16.0 Å². The maximum absolute atomic E-state index is 13.1. The van der Waals surface area contributed by atoms with Crippen LogP contribution in [0.25, 0.3) is 0 Å². The molecule has 11 heteroatoms. The van der Waals surface area contributed by atoms with Crippen LogP contribution in [0, 0.1) is 5.95 Å². The quantitative estimate of drug-likeness (QED) is 0.547. The fourth-order valence-electron chi connectivity index (χ4n) is 4.04. The van der Waals surface area contributed by atoms with Crippen LogP contribution in [0.2, 0.25) is 5.28 Å². The summed E-state index contributed by atoms with van der Waals surface area (Å²) >= 11 is 6.22. The molecule has 1 atom stereocenters. The van der Waals surface area contributed by atoms with Crippen LogP contribution in [0.15, 0.2) is 24.4 Å². The Hall–Kier alpha value is -3.14. The molecule has 9 nitrogen and oxygen atoms in total. The van der Waals surface area contributed by atoms with E-state index < -0.39 is 11.5 Å². The molecule has 1 aliphatic carbocycles. The second-order valence-electron chi connectivity index (χ2n) is 8.44. The molecule has 1 saturated carbocycles. The molecule has 3 aromatic heterocycles. The first-order valence-corrected chi connectivity index (χ1v) is 10.9. The van der Waals surface area contributed by atoms with Crippen molar-refractivity contribution in [1.29, 1.82) is 0 Å². The second-order valence-corrected chi connectivity index (χ2v) is 8.78. The third-order valence-corrected chi connectivity index (χ3v) is 6.16. The van der Waals surface area contributed by atoms with E-state index in [2.05, 4.69) is 35.5 Å². The van der Waals surface area contributed by atoms with Crippen LogP contribution >= 0.6 is 11.6 Å². The summed E-state index contributed by atoms with van der Waals surface area (Å²) in [7, 11) is 0. The monoisotopic (exact) mass is 456 g/mol. The minimum absolute atomic E-state index is 0.0734. The highest BCUT2D eigenvalue weighted by atomic mass is 35.5. The van der Waals surface area contributed by atoms with Gasteiger partial charge in [-0.3, -0.25) is 9.89 Å². The van der Waals surface area contributed by atoms with E-state index in [0.29, 0.717) is 42.8 Å². The van der Waals surface area contributed by atoms with E-state index >= 15 is 0 Å². The molecule has 32 heavy (non-hydrogen) atoms. The molecular formula is C21H22ClFN8O. The number of amides is 1. The number of carbonyl (C=O) groups is 1. The molecule has 0 bridgehead atoms. The van der Waals surface area contributed by atoms with Crippen LogP contribution in [0.5, 0.6) is 0 Å². The van der Waals surface area contributed by atoms with E-state index in [-0.39, 0.29) is 11.2 Å². The molecule has 1 amide bonds. The number of aromatic amines is 1. The Labute approximate surface area is 188 Å². The number of halogens is 2. The summed E-state index contributed by atoms with van der Waals surface area (Å²) in [4.78, 5) is 31.7. The Morgan fingerprint density at radius 3 is 2.94 bits per heavy atom. The van der Waals surface area contributed by atoms with Crippen molar-refractivity contribution in [3.63, 3.8) is 0 Å². The summed E-state index contributed by atoms with van der Waals surface area (Å²) in [5.41, 5.74) is 1.50. The van der Waals surface area contributed by atoms with E-state index in [9.17, 15) is 9.18 Å². The molecule has 1 saturated heterocycles. The Morgan fingerprint density at radius 1 is 1.34 bits per heavy atom. The maximum Gasteiger partial charge on any atom is 0.250 e. The topological polar surface area (TPSA) is 113 Å². The largest absolute Gasteiger partial charge is 0.326 e. The molecule has 0 spiro atoms. The molecule has 2 aliphatic rings. The van der Waals surface area contributed by atoms with E-state index in [4.69, 9.17) is 11.6 Å². The van der Waals surface area contributed by atoms with Gasteiger partial charge in [0.1, 0.15) is 11.4 Å². The van der Waals surface area contributed by atoms with Gasteiger partial charge >= 0.3 is 0 Å². The number of H-pyrrole nitrogens is 1. The zero-order valence-electron chi connectivity index (χ0n) is 17.5. The molecule has 1 aliphatic heterocycles. The van der Waals surface area contributed by atoms with Crippen molar-refractivity contribution in [3.05, 3.63) is 52.8 Å². The van der Waals surface area contributed by atoms with E-state index in [1.165, 1.54) is 31.2 Å². The lowest BCUT2D eigenvalue weighted by molar-refractivity contribution is -0.120. The van der Waals surface area contributed by atoms with E-state index in [1.54, 1.807) is 0 Å². The first-order chi connectivity index (χ1) is 15.4. The van der Waals surface area contributed by atoms with Gasteiger partial charge in [-0.15, -0.1) is 0 Å². The van der Waals surface area contributed by atoms with Gasteiger partial charge in [-0.25, -0.2) is 9.97 Å². The number of nitrogens with zero attached hydrogens (tertiary/aromatic N) is 6. The van der Waals surface area contributed by atoms with Gasteiger partial charge < -0.3 is 10.2 Å². The van der Waals surface area contributed by atoms with Crippen LogP contribution in [0.3, 0.4) is 0 Å². The van der Waals surface area contributed by atoms with Crippen LogP contribution in [0.1, 0.15) is 55.7 Å². The molecule has 2 fully saturated rings. The SMILES string of the molecule is C[C@@]1(C(=O)Nc2ccc(F)nc2)CCCN1c1nc(Cl)nc(Cc2cc(C3CC3)n[nH]2)n1. The summed E-state index contributed by atoms with van der Waals surface area (Å²) in [6.45, 7) is 2.43. The molecular weight excluding hydrogens is 435 g/mol. The second kappa shape index (κ2) is 8.09. The number of hydrogen-bond acceptors (Lipinski definition) is 7. The number of aromatic nitrogens is 6. The van der Waals surface area contributed by atoms with Crippen molar-refractivity contribution in [2.24, 2.45) is 0 Å². The Balaban J connectivity index is 1.37. The van der Waals surface area contributed by atoms with Gasteiger partial charge in [0.05, 0.1) is 17.6 Å². The van der Waals surface area contributed by atoms with Crippen LogP contribution in [-0.2, 0) is 11.2 Å². The number of hydrogen-bond donors (Lipinski definition) is 2. The van der Waals surface area contributed by atoms with Gasteiger partial charge in [-0.2, -0.15) is 19.5 Å². The lowest BCUT2D eigenvalue weighted by Gasteiger charge is -2.33. The standard InChI is InChI=1S/C21H22ClFN8O/c1-21(18(32)25-13-5-6-16(23)24-11-13)7-2-8-31(21)20-27-17(26-19(22)28-20)10-14-9-15(30-29-14)12-3-4-12/h5-6,9,11-12H,2-4,7-8,10H2,1H3,(H,25,32)(H,29,30)/t21-/m0/s1. The van der Waals surface area contributed by atoms with Gasteiger partial charge in [0.25, 0.3) is 0 Å². The van der Waals surface area contributed by atoms with Gasteiger partial charge in [-0.1, -0.05) is 0 Å². The Bertz CT molecular complexity index is 1150. The van der Waals surface area contributed by atoms with Crippen LogP contribution in [-0.4, -0.2) is 48.1 Å². The van der Waals surface area contributed by atoms with Crippen molar-refractivity contribution >= 4 is 29.1 Å². The molecule has 3 aromatic rings. The minimum Gasteiger partial charge on any atom is -0.326 e. The van der Waals surface area contributed by atoms with Gasteiger partial charge in [0.2, 0.25) is 23.1 Å². The highest BCUT2D eigenvalue weighted by molar-refractivity contribution is 6.28. The molecule has 0 unspecified atom stereocenters. The molecule has 4 heterocycles. The molecule has 5 rings (SSSR count). The summed E-state index contributed by atoms with van der Waals surface area (Å²) in [6, 6.07) is 4.72. The third-order valence-electron chi connectivity index (χ3n) is 5.99. The van der Waals surface area contributed by atoms with Crippen molar-refractivity contribution in [2.45, 2.75) is 50.5 Å². The average molecular weight is 457 g/mol. The molecule has 166 valence electrons. The first-order valence-electron chi connectivity index (χ1n) is 10.6. The average Bonchev–Trinajstić information content (AvgIpc) is 3.38. The maximum atomic E-state index is 13.1. The third kappa shape index (κ3) is 4.14. The Morgan fingerprint density at radius 2 is 2.19 bits per heavy atom. The Kier molecular flexibility index (Phi) is 5.24.